The summed E-state index contributed by atoms with van der Waals surface area (Å²) in [6.07, 6.45) is 4.00. The summed E-state index contributed by atoms with van der Waals surface area (Å²) in [7, 11) is 0. The van der Waals surface area contributed by atoms with Crippen molar-refractivity contribution >= 4 is 12.2 Å². The largest absolute Gasteiger partial charge is 0.454 e. The zero-order valence-corrected chi connectivity index (χ0v) is 10.2. The smallest absolute Gasteiger partial charge is 0.413 e. The van der Waals surface area contributed by atoms with Crippen molar-refractivity contribution in [2.45, 2.75) is 46.1 Å². The fourth-order valence-corrected chi connectivity index (χ4v) is 2.48. The van der Waals surface area contributed by atoms with Crippen molar-refractivity contribution in [3.05, 3.63) is 5.53 Å². The van der Waals surface area contributed by atoms with Gasteiger partial charge in [-0.25, -0.2) is 4.79 Å². The van der Waals surface area contributed by atoms with Crippen LogP contribution < -0.4 is 0 Å². The number of esters is 1. The van der Waals surface area contributed by atoms with Crippen molar-refractivity contribution < 1.29 is 14.3 Å². The molecule has 3 atom stereocenters. The van der Waals surface area contributed by atoms with Crippen LogP contribution >= 0.6 is 0 Å². The molecular weight excluding hydrogens is 204 g/mol. The third kappa shape index (κ3) is 3.46. The van der Waals surface area contributed by atoms with Crippen LogP contribution in [0.5, 0.6) is 0 Å². The molecule has 0 bridgehead atoms. The lowest BCUT2D eigenvalue weighted by atomic mass is 9.75. The van der Waals surface area contributed by atoms with Gasteiger partial charge in [-0.3, -0.25) is 0 Å². The SMILES string of the molecule is CC1CCC(C(C)C)C(OC(=O)C=[N+]=[N-])C1. The van der Waals surface area contributed by atoms with Crippen LogP contribution in [0.4, 0.5) is 0 Å². The van der Waals surface area contributed by atoms with Crippen molar-refractivity contribution in [3.63, 3.8) is 0 Å². The summed E-state index contributed by atoms with van der Waals surface area (Å²) in [6, 6.07) is 0. The average molecular weight is 224 g/mol. The van der Waals surface area contributed by atoms with Gasteiger partial charge in [-0.1, -0.05) is 27.2 Å². The Hall–Kier alpha value is -1.15. The van der Waals surface area contributed by atoms with Gasteiger partial charge < -0.3 is 10.3 Å². The van der Waals surface area contributed by atoms with E-state index in [1.807, 2.05) is 0 Å². The van der Waals surface area contributed by atoms with Crippen LogP contribution in [0.1, 0.15) is 40.0 Å². The molecule has 1 aliphatic rings. The van der Waals surface area contributed by atoms with E-state index < -0.39 is 5.97 Å². The highest BCUT2D eigenvalue weighted by Gasteiger charge is 2.33. The van der Waals surface area contributed by atoms with Gasteiger partial charge in [-0.05, 0) is 30.6 Å². The molecule has 4 nitrogen and oxygen atoms in total. The number of carbonyl (C=O) groups is 1. The number of hydrogen-bond acceptors (Lipinski definition) is 2. The molecule has 90 valence electrons. The lowest BCUT2D eigenvalue weighted by Gasteiger charge is -2.36. The van der Waals surface area contributed by atoms with Gasteiger partial charge in [0.05, 0.1) is 0 Å². The number of carbonyl (C=O) groups excluding carboxylic acids is 1. The lowest BCUT2D eigenvalue weighted by molar-refractivity contribution is -0.150. The Morgan fingerprint density at radius 1 is 1.50 bits per heavy atom. The van der Waals surface area contributed by atoms with E-state index in [9.17, 15) is 4.79 Å². The zero-order valence-electron chi connectivity index (χ0n) is 10.2. The summed E-state index contributed by atoms with van der Waals surface area (Å²) in [5.74, 6) is 0.981. The molecule has 0 amide bonds. The van der Waals surface area contributed by atoms with E-state index in [0.717, 1.165) is 19.1 Å². The van der Waals surface area contributed by atoms with E-state index in [1.54, 1.807) is 0 Å². The van der Waals surface area contributed by atoms with Crippen molar-refractivity contribution in [1.82, 2.24) is 0 Å². The second-order valence-corrected chi connectivity index (χ2v) is 5.05. The quantitative estimate of drug-likeness (QED) is 0.319. The summed E-state index contributed by atoms with van der Waals surface area (Å²) in [4.78, 5) is 13.9. The second-order valence-electron chi connectivity index (χ2n) is 5.05. The Kier molecular flexibility index (Phi) is 4.69. The molecule has 1 rings (SSSR count). The molecule has 0 aromatic carbocycles. The first-order valence-electron chi connectivity index (χ1n) is 5.92. The van der Waals surface area contributed by atoms with E-state index in [-0.39, 0.29) is 6.10 Å². The molecular formula is C12H20N2O2. The third-order valence-corrected chi connectivity index (χ3v) is 3.39. The van der Waals surface area contributed by atoms with Crippen molar-refractivity contribution in [3.8, 4) is 0 Å². The predicted octanol–water partition coefficient (Wildman–Crippen LogP) is 2.29. The molecule has 1 aliphatic carbocycles. The molecule has 0 aromatic heterocycles. The number of nitrogens with zero attached hydrogens (tertiary/aromatic N) is 2. The van der Waals surface area contributed by atoms with Gasteiger partial charge >= 0.3 is 12.2 Å². The van der Waals surface area contributed by atoms with E-state index in [0.29, 0.717) is 17.8 Å². The molecule has 16 heavy (non-hydrogen) atoms. The van der Waals surface area contributed by atoms with Crippen LogP contribution in [0.15, 0.2) is 0 Å². The van der Waals surface area contributed by atoms with E-state index in [4.69, 9.17) is 10.3 Å². The van der Waals surface area contributed by atoms with Crippen molar-refractivity contribution in [2.24, 2.45) is 17.8 Å². The van der Waals surface area contributed by atoms with Crippen LogP contribution in [-0.4, -0.2) is 23.1 Å². The lowest BCUT2D eigenvalue weighted by Crippen LogP contribution is -2.36. The van der Waals surface area contributed by atoms with Gasteiger partial charge in [0.2, 0.25) is 0 Å². The van der Waals surface area contributed by atoms with Gasteiger partial charge in [-0.2, -0.15) is 4.79 Å². The molecule has 4 heteroatoms. The van der Waals surface area contributed by atoms with Gasteiger partial charge in [-0.15, -0.1) is 0 Å². The minimum Gasteiger partial charge on any atom is -0.454 e. The summed E-state index contributed by atoms with van der Waals surface area (Å²) < 4.78 is 5.33. The zero-order chi connectivity index (χ0) is 12.1. The average Bonchev–Trinajstić information content (AvgIpc) is 2.17. The number of ether oxygens (including phenoxy) is 1. The minimum absolute atomic E-state index is 0.0331. The summed E-state index contributed by atoms with van der Waals surface area (Å²) in [6.45, 7) is 6.49. The fourth-order valence-electron chi connectivity index (χ4n) is 2.48. The molecule has 0 N–H and O–H groups in total. The molecule has 0 spiro atoms. The monoisotopic (exact) mass is 224 g/mol. The maximum absolute atomic E-state index is 11.3. The maximum Gasteiger partial charge on any atom is 0.413 e. The van der Waals surface area contributed by atoms with Gasteiger partial charge in [0.15, 0.2) is 0 Å². The fraction of sp³-hybridized carbons (Fsp3) is 0.833. The van der Waals surface area contributed by atoms with E-state index >= 15 is 0 Å². The van der Waals surface area contributed by atoms with Crippen molar-refractivity contribution in [1.29, 1.82) is 0 Å². The van der Waals surface area contributed by atoms with Crippen LogP contribution in [0.3, 0.4) is 0 Å². The molecule has 0 heterocycles. The van der Waals surface area contributed by atoms with E-state index in [2.05, 4.69) is 25.6 Å². The second kappa shape index (κ2) is 5.80. The first-order chi connectivity index (χ1) is 7.54. The topological polar surface area (TPSA) is 62.7 Å². The molecule has 0 aromatic rings. The normalized spacial score (nSPS) is 29.6. The summed E-state index contributed by atoms with van der Waals surface area (Å²) >= 11 is 0. The molecule has 1 fully saturated rings. The Balaban J connectivity index is 2.64. The van der Waals surface area contributed by atoms with Gasteiger partial charge in [0, 0.05) is 0 Å². The Morgan fingerprint density at radius 3 is 2.75 bits per heavy atom. The van der Waals surface area contributed by atoms with Gasteiger partial charge in [0.25, 0.3) is 0 Å². The highest BCUT2D eigenvalue weighted by molar-refractivity contribution is 6.20. The van der Waals surface area contributed by atoms with Crippen LogP contribution in [-0.2, 0) is 9.53 Å². The van der Waals surface area contributed by atoms with Gasteiger partial charge in [0.1, 0.15) is 6.10 Å². The maximum atomic E-state index is 11.3. The molecule has 1 saturated carbocycles. The molecule has 0 aliphatic heterocycles. The summed E-state index contributed by atoms with van der Waals surface area (Å²) in [5.41, 5.74) is 8.26. The Morgan fingerprint density at radius 2 is 2.19 bits per heavy atom. The summed E-state index contributed by atoms with van der Waals surface area (Å²) in [5, 5.41) is 0. The Bertz CT molecular complexity index is 295. The van der Waals surface area contributed by atoms with Crippen LogP contribution in [0, 0.1) is 17.8 Å². The first-order valence-corrected chi connectivity index (χ1v) is 5.92. The highest BCUT2D eigenvalue weighted by atomic mass is 16.5. The molecule has 3 unspecified atom stereocenters. The molecule has 0 saturated heterocycles. The number of hydrogen-bond donors (Lipinski definition) is 0. The standard InChI is InChI=1S/C12H20N2O2/c1-8(2)10-5-4-9(3)6-11(10)16-12(15)7-14-13/h7-11H,4-6H2,1-3H3. The van der Waals surface area contributed by atoms with Crippen LogP contribution in [0.2, 0.25) is 0 Å². The highest BCUT2D eigenvalue weighted by Crippen LogP contribution is 2.35. The van der Waals surface area contributed by atoms with E-state index in [1.165, 1.54) is 6.42 Å². The van der Waals surface area contributed by atoms with Crippen molar-refractivity contribution in [2.75, 3.05) is 0 Å². The van der Waals surface area contributed by atoms with Crippen LogP contribution in [0.25, 0.3) is 5.53 Å². The first kappa shape index (κ1) is 12.9. The third-order valence-electron chi connectivity index (χ3n) is 3.39. The predicted molar refractivity (Wildman–Crippen MR) is 60.9 cm³/mol. The number of rotatable bonds is 3. The Labute approximate surface area is 96.6 Å². The minimum atomic E-state index is -0.549. The molecule has 0 radical (unpaired) electrons.